The summed E-state index contributed by atoms with van der Waals surface area (Å²) >= 11 is 0. The van der Waals surface area contributed by atoms with Crippen molar-refractivity contribution in [1.82, 2.24) is 35.5 Å². The fraction of sp³-hybridized carbons (Fsp3) is 0.764. The number of carboxylic acids is 1. The Labute approximate surface area is 548 Å². The second-order valence-electron chi connectivity index (χ2n) is 24.6. The van der Waals surface area contributed by atoms with Crippen molar-refractivity contribution in [1.29, 1.82) is 0 Å². The average Bonchev–Trinajstić information content (AvgIpc) is 1.42. The van der Waals surface area contributed by atoms with Crippen LogP contribution in [0.1, 0.15) is 301 Å². The molecule has 91 heavy (non-hydrogen) atoms. The fourth-order valence-electron chi connectivity index (χ4n) is 10.9. The lowest BCUT2D eigenvalue weighted by atomic mass is 10.0. The number of hydrogen-bond acceptors (Lipinski definition) is 14. The molecule has 0 aliphatic heterocycles. The minimum atomic E-state index is -1.21. The Kier molecular flexibility index (Phi) is 51.2. The highest BCUT2D eigenvalue weighted by atomic mass is 16.5. The van der Waals surface area contributed by atoms with Gasteiger partial charge in [-0.15, -0.1) is 0 Å². The molecule has 0 unspecified atom stereocenters. The molecule has 2 heterocycles. The van der Waals surface area contributed by atoms with Gasteiger partial charge in [0.05, 0.1) is 44.9 Å². The van der Waals surface area contributed by atoms with Gasteiger partial charge in [-0.25, -0.2) is 14.8 Å². The number of nitrogens with zero attached hydrogens (tertiary/aromatic N) is 4. The van der Waals surface area contributed by atoms with Gasteiger partial charge >= 0.3 is 5.97 Å². The Bertz CT molecular complexity index is 2340. The van der Waals surface area contributed by atoms with Crippen molar-refractivity contribution in [3.8, 4) is 0 Å². The van der Waals surface area contributed by atoms with Gasteiger partial charge < -0.3 is 45.9 Å². The van der Waals surface area contributed by atoms with E-state index in [-0.39, 0.29) is 59.7 Å². The predicted molar refractivity (Wildman–Crippen MR) is 369 cm³/mol. The van der Waals surface area contributed by atoms with E-state index in [1.54, 1.807) is 24.3 Å². The van der Waals surface area contributed by atoms with E-state index in [0.29, 0.717) is 83.1 Å². The summed E-state index contributed by atoms with van der Waals surface area (Å²) < 4.78 is 16.2. The zero-order valence-corrected chi connectivity index (χ0v) is 57.3. The van der Waals surface area contributed by atoms with Gasteiger partial charge in [0.1, 0.15) is 11.8 Å². The van der Waals surface area contributed by atoms with Gasteiger partial charge in [0.15, 0.2) is 11.2 Å². The standard InChI is InChI=1S/C42H84N2O2.C30H41N7O8/c1-4-7-9-11-13-15-17-19-21-23-25-27-29-31-33-35-39-44(42(46)38-37-41(45)43-6-3)40-36-34-32-30-28-26-24-22-20-18-16-14-12-10-8-5-2;1-2-12-43-14-16-45-17-15-44-13-4-3-5-23(38)10-11-24(29(41)42)35-27(39)20-6-8-21(9-7-20)32-18-22-19-33-26-25(34-22)28(40)37-30(31)36-26/h4-40H2,1-3H3,(H,43,45);6-9,19,24,32H,2-5,10-18H2,1H3,(H,35,39)(H,41,42)(H3,31,33,36,37,40)/t;24-/m.0/s1. The largest absolute Gasteiger partial charge is 0.480 e. The second-order valence-corrected chi connectivity index (χ2v) is 24.6. The molecular weight excluding hydrogens is 1150 g/mol. The molecule has 1 aromatic carbocycles. The number of nitrogens with two attached hydrogens (primary N) is 1. The molecule has 7 N–H and O–H groups in total. The molecule has 2 aromatic heterocycles. The molecule has 3 rings (SSSR count). The summed E-state index contributed by atoms with van der Waals surface area (Å²) in [5.41, 5.74) is 6.64. The molecule has 0 saturated heterocycles. The highest BCUT2D eigenvalue weighted by Gasteiger charge is 2.22. The summed E-state index contributed by atoms with van der Waals surface area (Å²) in [6.07, 6.45) is 48.6. The van der Waals surface area contributed by atoms with E-state index >= 15 is 0 Å². The lowest BCUT2D eigenvalue weighted by Gasteiger charge is -2.23. The number of aromatic nitrogens is 4. The van der Waals surface area contributed by atoms with Crippen molar-refractivity contribution in [2.24, 2.45) is 0 Å². The molecule has 3 amide bonds. The molecule has 518 valence electrons. The number of Topliss-reactive ketones (excluding diaryl/α,β-unsaturated/α-hetero) is 1. The minimum Gasteiger partial charge on any atom is -0.480 e. The number of carbonyl (C=O) groups excluding carboxylic acids is 4. The Morgan fingerprint density at radius 2 is 1.02 bits per heavy atom. The van der Waals surface area contributed by atoms with Crippen molar-refractivity contribution in [3.63, 3.8) is 0 Å². The van der Waals surface area contributed by atoms with E-state index in [2.05, 4.69) is 54.6 Å². The predicted octanol–water partition coefficient (Wildman–Crippen LogP) is 15.3. The first-order valence-electron chi connectivity index (χ1n) is 36.1. The number of fused-ring (bicyclic) bond motifs is 1. The third-order valence-electron chi connectivity index (χ3n) is 16.4. The number of rotatable bonds is 60. The molecular formula is C72H125N9O10. The number of carboxylic acid groups (broad SMARTS) is 1. The molecule has 1 atom stereocenters. The molecule has 19 heteroatoms. The number of ketones is 1. The lowest BCUT2D eigenvalue weighted by Crippen LogP contribution is -2.41. The molecule has 0 aliphatic rings. The van der Waals surface area contributed by atoms with Gasteiger partial charge in [0.25, 0.3) is 11.5 Å². The summed E-state index contributed by atoms with van der Waals surface area (Å²) in [7, 11) is 0. The van der Waals surface area contributed by atoms with Crippen LogP contribution in [0.15, 0.2) is 35.3 Å². The zero-order valence-electron chi connectivity index (χ0n) is 57.3. The Morgan fingerprint density at radius 3 is 1.49 bits per heavy atom. The smallest absolute Gasteiger partial charge is 0.326 e. The monoisotopic (exact) mass is 1280 g/mol. The number of anilines is 2. The van der Waals surface area contributed by atoms with E-state index in [0.717, 1.165) is 39.0 Å². The summed E-state index contributed by atoms with van der Waals surface area (Å²) in [4.78, 5) is 90.4. The lowest BCUT2D eigenvalue weighted by molar-refractivity contribution is -0.139. The average molecular weight is 1280 g/mol. The SMILES string of the molecule is CCCCCCCCCCCCCCCCCCN(CCCCCCCCCCCCCCCCCC)C(=O)CCC(=O)NCC.CCCOCCOCCOCCCCC(=O)CC[C@H](NC(=O)c1ccc(NCc2cnc3nc(N)[nH]c(=O)c3n2)cc1)C(=O)O. The van der Waals surface area contributed by atoms with Crippen LogP contribution in [-0.4, -0.2) is 125 Å². The van der Waals surface area contributed by atoms with Crippen molar-refractivity contribution in [2.45, 2.75) is 297 Å². The number of nitrogens with one attached hydrogen (secondary N) is 4. The number of unbranched alkanes of at least 4 members (excludes halogenated alkanes) is 31. The first-order chi connectivity index (χ1) is 44.4. The maximum absolute atomic E-state index is 13.0. The van der Waals surface area contributed by atoms with Gasteiger partial charge in [-0.2, -0.15) is 4.98 Å². The number of carbonyl (C=O) groups is 5. The molecule has 0 saturated carbocycles. The molecule has 0 radical (unpaired) electrons. The van der Waals surface area contributed by atoms with E-state index in [9.17, 15) is 33.9 Å². The summed E-state index contributed by atoms with van der Waals surface area (Å²) in [5, 5.41) is 18.0. The number of aliphatic carboxylic acids is 1. The van der Waals surface area contributed by atoms with E-state index in [1.807, 2.05) is 13.8 Å². The molecule has 0 aliphatic carbocycles. The number of nitrogen functional groups attached to an aromatic ring is 1. The molecule has 0 bridgehead atoms. The topological polar surface area (TPSA) is 270 Å². The van der Waals surface area contributed by atoms with Crippen LogP contribution in [0.25, 0.3) is 11.2 Å². The van der Waals surface area contributed by atoms with E-state index in [4.69, 9.17) is 19.9 Å². The van der Waals surface area contributed by atoms with Gasteiger partial charge in [-0.05, 0) is 69.7 Å². The summed E-state index contributed by atoms with van der Waals surface area (Å²) in [6.45, 7) is 14.5. The van der Waals surface area contributed by atoms with E-state index < -0.39 is 23.5 Å². The molecule has 0 spiro atoms. The van der Waals surface area contributed by atoms with Crippen LogP contribution < -0.4 is 27.2 Å². The number of ether oxygens (including phenoxy) is 3. The quantitative estimate of drug-likeness (QED) is 0.0287. The van der Waals surface area contributed by atoms with Gasteiger partial charge in [0.2, 0.25) is 17.8 Å². The van der Waals surface area contributed by atoms with Crippen LogP contribution in [0.2, 0.25) is 0 Å². The second kappa shape index (κ2) is 57.2. The van der Waals surface area contributed by atoms with E-state index in [1.165, 1.54) is 199 Å². The molecule has 3 aromatic rings. The van der Waals surface area contributed by atoms with Crippen LogP contribution >= 0.6 is 0 Å². The molecule has 19 nitrogen and oxygen atoms in total. The van der Waals surface area contributed by atoms with Crippen LogP contribution in [-0.2, 0) is 39.9 Å². The van der Waals surface area contributed by atoms with Crippen molar-refractivity contribution >= 4 is 52.3 Å². The third-order valence-corrected chi connectivity index (χ3v) is 16.4. The van der Waals surface area contributed by atoms with Crippen LogP contribution in [0.3, 0.4) is 0 Å². The number of amides is 3. The number of H-pyrrole nitrogens is 1. The first kappa shape index (κ1) is 81.6. The number of aromatic amines is 1. The van der Waals surface area contributed by atoms with Crippen molar-refractivity contribution < 1.29 is 43.3 Å². The highest BCUT2D eigenvalue weighted by Crippen LogP contribution is 2.18. The van der Waals surface area contributed by atoms with Crippen molar-refractivity contribution in [2.75, 3.05) is 70.3 Å². The van der Waals surface area contributed by atoms with Gasteiger partial charge in [-0.3, -0.25) is 29.0 Å². The Balaban J connectivity index is 0.000000620. The maximum Gasteiger partial charge on any atom is 0.326 e. The van der Waals surface area contributed by atoms with Crippen LogP contribution in [0, 0.1) is 0 Å². The first-order valence-corrected chi connectivity index (χ1v) is 36.1. The van der Waals surface area contributed by atoms with Crippen LogP contribution in [0.4, 0.5) is 11.6 Å². The normalized spacial score (nSPS) is 11.5. The summed E-state index contributed by atoms with van der Waals surface area (Å²) in [6, 6.07) is 5.19. The highest BCUT2D eigenvalue weighted by molar-refractivity contribution is 5.97. The Hall–Kier alpha value is -5.53. The maximum atomic E-state index is 13.0. The van der Waals surface area contributed by atoms with Gasteiger partial charge in [-0.1, -0.05) is 213 Å². The number of benzene rings is 1. The van der Waals surface area contributed by atoms with Crippen molar-refractivity contribution in [3.05, 3.63) is 52.1 Å². The molecule has 0 fully saturated rings. The zero-order chi connectivity index (χ0) is 66.0. The third kappa shape index (κ3) is 44.6. The fourth-order valence-corrected chi connectivity index (χ4v) is 10.9. The summed E-state index contributed by atoms with van der Waals surface area (Å²) in [5.74, 6) is -1.72. The van der Waals surface area contributed by atoms with Gasteiger partial charge in [0, 0.05) is 69.8 Å². The Morgan fingerprint density at radius 1 is 0.549 bits per heavy atom. The van der Waals surface area contributed by atoms with Crippen LogP contribution in [0.5, 0.6) is 0 Å². The minimum absolute atomic E-state index is 0.000572. The number of hydrogen-bond donors (Lipinski definition) is 6.